The molecule has 0 spiro atoms. The normalized spacial score (nSPS) is 10.8. The van der Waals surface area contributed by atoms with Crippen LogP contribution in [0.3, 0.4) is 0 Å². The molecule has 3 N–H and O–H groups in total. The molecule has 2 aromatic carbocycles. The molecular weight excluding hydrogens is 264 g/mol. The summed E-state index contributed by atoms with van der Waals surface area (Å²) in [5.41, 5.74) is 5.62. The van der Waals surface area contributed by atoms with E-state index in [-0.39, 0.29) is 11.5 Å². The first-order chi connectivity index (χ1) is 10.0. The van der Waals surface area contributed by atoms with Gasteiger partial charge in [0.25, 0.3) is 0 Å². The van der Waals surface area contributed by atoms with E-state index in [2.05, 4.69) is 32.9 Å². The summed E-state index contributed by atoms with van der Waals surface area (Å²) in [6, 6.07) is 7.16. The van der Waals surface area contributed by atoms with E-state index < -0.39 is 5.75 Å². The molecule has 21 heavy (non-hydrogen) atoms. The van der Waals surface area contributed by atoms with Gasteiger partial charge in [0.1, 0.15) is 0 Å². The lowest BCUT2D eigenvalue weighted by Gasteiger charge is -2.15. The van der Waals surface area contributed by atoms with E-state index in [1.54, 1.807) is 0 Å². The number of aryl methyl sites for hydroxylation is 2. The van der Waals surface area contributed by atoms with E-state index in [1.165, 1.54) is 28.8 Å². The molecule has 2 aromatic rings. The highest BCUT2D eigenvalue weighted by Gasteiger charge is 2.13. The molecule has 3 heteroatoms. The first-order valence-corrected chi connectivity index (χ1v) is 7.41. The van der Waals surface area contributed by atoms with Crippen molar-refractivity contribution < 1.29 is 15.3 Å². The molecule has 2 rings (SSSR count). The van der Waals surface area contributed by atoms with E-state index in [0.29, 0.717) is 5.56 Å². The van der Waals surface area contributed by atoms with Gasteiger partial charge in [-0.1, -0.05) is 32.9 Å². The Morgan fingerprint density at radius 3 is 1.48 bits per heavy atom. The second-order valence-corrected chi connectivity index (χ2v) is 5.20. The molecular formula is C18H22O3. The predicted octanol–water partition coefficient (Wildman–Crippen LogP) is 4.16. The topological polar surface area (TPSA) is 60.7 Å². The maximum atomic E-state index is 9.69. The van der Waals surface area contributed by atoms with Crippen molar-refractivity contribution in [2.24, 2.45) is 0 Å². The lowest BCUT2D eigenvalue weighted by atomic mass is 9.90. The van der Waals surface area contributed by atoms with Crippen molar-refractivity contribution in [3.05, 3.63) is 41.0 Å². The molecule has 0 atom stereocenters. The molecule has 0 saturated carbocycles. The summed E-state index contributed by atoms with van der Waals surface area (Å²) in [4.78, 5) is 0. The Hall–Kier alpha value is -2.16. The molecule has 0 amide bonds. The van der Waals surface area contributed by atoms with Crippen molar-refractivity contribution in [1.82, 2.24) is 0 Å². The number of rotatable bonds is 4. The summed E-state index contributed by atoms with van der Waals surface area (Å²) in [5.74, 6) is -1.09. The van der Waals surface area contributed by atoms with Gasteiger partial charge in [-0.2, -0.15) is 0 Å². The fraction of sp³-hybridized carbons (Fsp3) is 0.333. The van der Waals surface area contributed by atoms with Crippen molar-refractivity contribution >= 4 is 0 Å². The molecule has 0 aliphatic heterocycles. The van der Waals surface area contributed by atoms with Crippen LogP contribution in [0.2, 0.25) is 0 Å². The Balaban J connectivity index is 2.64. The van der Waals surface area contributed by atoms with E-state index >= 15 is 0 Å². The van der Waals surface area contributed by atoms with Gasteiger partial charge in [0.15, 0.2) is 17.2 Å². The summed E-state index contributed by atoms with van der Waals surface area (Å²) >= 11 is 0. The number of aromatic hydroxyl groups is 3. The second-order valence-electron chi connectivity index (χ2n) is 5.20. The zero-order valence-electron chi connectivity index (χ0n) is 12.8. The zero-order valence-corrected chi connectivity index (χ0v) is 12.8. The Bertz CT molecular complexity index is 611. The van der Waals surface area contributed by atoms with Crippen LogP contribution in [0.15, 0.2) is 24.3 Å². The maximum Gasteiger partial charge on any atom is 0.200 e. The largest absolute Gasteiger partial charge is 0.504 e. The number of benzene rings is 2. The second kappa shape index (κ2) is 6.08. The fourth-order valence-corrected chi connectivity index (χ4v) is 2.82. The molecule has 0 unspecified atom stereocenters. The summed E-state index contributed by atoms with van der Waals surface area (Å²) in [5, 5.41) is 28.8. The number of hydrogen-bond acceptors (Lipinski definition) is 3. The van der Waals surface area contributed by atoms with Gasteiger partial charge in [-0.25, -0.2) is 0 Å². The van der Waals surface area contributed by atoms with Gasteiger partial charge >= 0.3 is 0 Å². The standard InChI is InChI=1S/C18H22O3/c1-4-11-7-13(8-12(5-2)15(11)6-3)14-9-16(19)18(21)17(20)10-14/h7-10,19-21H,4-6H2,1-3H3. The van der Waals surface area contributed by atoms with E-state index in [1.807, 2.05) is 0 Å². The summed E-state index contributed by atoms with van der Waals surface area (Å²) < 4.78 is 0. The van der Waals surface area contributed by atoms with Crippen LogP contribution in [-0.2, 0) is 19.3 Å². The van der Waals surface area contributed by atoms with Gasteiger partial charge in [-0.05, 0) is 59.2 Å². The molecule has 3 nitrogen and oxygen atoms in total. The third-order valence-electron chi connectivity index (χ3n) is 3.95. The predicted molar refractivity (Wildman–Crippen MR) is 85.0 cm³/mol. The van der Waals surface area contributed by atoms with Gasteiger partial charge in [0, 0.05) is 0 Å². The van der Waals surface area contributed by atoms with Crippen LogP contribution in [0.25, 0.3) is 11.1 Å². The Kier molecular flexibility index (Phi) is 4.41. The molecule has 0 heterocycles. The molecule has 0 aromatic heterocycles. The van der Waals surface area contributed by atoms with Gasteiger partial charge in [0.05, 0.1) is 0 Å². The van der Waals surface area contributed by atoms with Crippen molar-refractivity contribution in [3.8, 4) is 28.4 Å². The number of phenols is 3. The third-order valence-corrected chi connectivity index (χ3v) is 3.95. The van der Waals surface area contributed by atoms with Gasteiger partial charge in [-0.3, -0.25) is 0 Å². The first kappa shape index (κ1) is 15.2. The number of phenolic OH excluding ortho intramolecular Hbond substituents is 3. The Morgan fingerprint density at radius 2 is 1.10 bits per heavy atom. The third kappa shape index (κ3) is 2.82. The first-order valence-electron chi connectivity index (χ1n) is 7.41. The van der Waals surface area contributed by atoms with Crippen LogP contribution in [0, 0.1) is 0 Å². The monoisotopic (exact) mass is 286 g/mol. The van der Waals surface area contributed by atoms with E-state index in [9.17, 15) is 15.3 Å². The van der Waals surface area contributed by atoms with Gasteiger partial charge in [-0.15, -0.1) is 0 Å². The van der Waals surface area contributed by atoms with Crippen LogP contribution >= 0.6 is 0 Å². The highest BCUT2D eigenvalue weighted by molar-refractivity contribution is 5.72. The summed E-state index contributed by atoms with van der Waals surface area (Å²) in [7, 11) is 0. The van der Waals surface area contributed by atoms with Crippen LogP contribution in [0.1, 0.15) is 37.5 Å². The minimum Gasteiger partial charge on any atom is -0.504 e. The Labute approximate surface area is 125 Å². The van der Waals surface area contributed by atoms with Crippen LogP contribution in [-0.4, -0.2) is 15.3 Å². The average Bonchev–Trinajstić information content (AvgIpc) is 2.50. The summed E-state index contributed by atoms with van der Waals surface area (Å²) in [6.07, 6.45) is 2.89. The minimum atomic E-state index is -0.477. The SMILES string of the molecule is CCc1cc(-c2cc(O)c(O)c(O)c2)cc(CC)c1CC. The van der Waals surface area contributed by atoms with E-state index in [4.69, 9.17) is 0 Å². The smallest absolute Gasteiger partial charge is 0.200 e. The van der Waals surface area contributed by atoms with Gasteiger partial charge < -0.3 is 15.3 Å². The van der Waals surface area contributed by atoms with Crippen molar-refractivity contribution in [1.29, 1.82) is 0 Å². The summed E-state index contributed by atoms with van der Waals surface area (Å²) in [6.45, 7) is 6.42. The molecule has 0 saturated heterocycles. The highest BCUT2D eigenvalue weighted by Crippen LogP contribution is 2.39. The molecule has 0 aliphatic rings. The molecule has 0 bridgehead atoms. The minimum absolute atomic E-state index is 0.305. The molecule has 0 radical (unpaired) electrons. The van der Waals surface area contributed by atoms with E-state index in [0.717, 1.165) is 24.8 Å². The highest BCUT2D eigenvalue weighted by atomic mass is 16.3. The van der Waals surface area contributed by atoms with Crippen molar-refractivity contribution in [2.45, 2.75) is 40.0 Å². The molecule has 112 valence electrons. The molecule has 0 aliphatic carbocycles. The fourth-order valence-electron chi connectivity index (χ4n) is 2.82. The van der Waals surface area contributed by atoms with Gasteiger partial charge in [0.2, 0.25) is 0 Å². The number of hydrogen-bond donors (Lipinski definition) is 3. The zero-order chi connectivity index (χ0) is 15.6. The maximum absolute atomic E-state index is 9.69. The van der Waals surface area contributed by atoms with Crippen LogP contribution in [0.5, 0.6) is 17.2 Å². The lowest BCUT2D eigenvalue weighted by Crippen LogP contribution is -1.99. The quantitative estimate of drug-likeness (QED) is 0.740. The van der Waals surface area contributed by atoms with Crippen molar-refractivity contribution in [2.75, 3.05) is 0 Å². The molecule has 0 fully saturated rings. The van der Waals surface area contributed by atoms with Crippen molar-refractivity contribution in [3.63, 3.8) is 0 Å². The van der Waals surface area contributed by atoms with Crippen LogP contribution in [0.4, 0.5) is 0 Å². The average molecular weight is 286 g/mol. The van der Waals surface area contributed by atoms with Crippen LogP contribution < -0.4 is 0 Å². The Morgan fingerprint density at radius 1 is 0.667 bits per heavy atom. The lowest BCUT2D eigenvalue weighted by molar-refractivity contribution is 0.368.